The Morgan fingerprint density at radius 1 is 1.27 bits per heavy atom. The van der Waals surface area contributed by atoms with Gasteiger partial charge in [0.15, 0.2) is 4.34 Å². The monoisotopic (exact) mass is 393 g/mol. The maximum absolute atomic E-state index is 11.9. The minimum absolute atomic E-state index is 0.0859. The molecule has 0 bridgehead atoms. The number of aromatic nitrogens is 2. The number of carbonyl (C=O) groups is 2. The van der Waals surface area contributed by atoms with E-state index >= 15 is 0 Å². The van der Waals surface area contributed by atoms with Crippen LogP contribution in [0.15, 0.2) is 34.7 Å². The number of hydrogen-bond donors (Lipinski definition) is 3. The van der Waals surface area contributed by atoms with Crippen LogP contribution in [-0.2, 0) is 9.53 Å². The van der Waals surface area contributed by atoms with E-state index in [9.17, 15) is 9.59 Å². The van der Waals surface area contributed by atoms with Gasteiger partial charge in [-0.15, -0.1) is 10.2 Å². The molecule has 1 aromatic carbocycles. The van der Waals surface area contributed by atoms with Gasteiger partial charge in [-0.3, -0.25) is 10.1 Å². The summed E-state index contributed by atoms with van der Waals surface area (Å²) >= 11 is 2.61. The second-order valence-corrected chi connectivity index (χ2v) is 7.75. The average molecular weight is 393 g/mol. The summed E-state index contributed by atoms with van der Waals surface area (Å²) in [4.78, 5) is 23.6. The number of urea groups is 1. The van der Waals surface area contributed by atoms with Crippen LogP contribution in [0.3, 0.4) is 0 Å². The van der Waals surface area contributed by atoms with Crippen LogP contribution < -0.4 is 16.0 Å². The van der Waals surface area contributed by atoms with Gasteiger partial charge in [-0.2, -0.15) is 0 Å². The Kier molecular flexibility index (Phi) is 6.81. The fourth-order valence-electron chi connectivity index (χ4n) is 2.32. The standard InChI is InChI=1S/C16H19N5O3S2/c22-13(19-14(23)18-11-5-2-1-3-6-11)10-25-16-21-20-15(26-16)17-9-12-7-4-8-24-12/h1-3,5-6,12H,4,7-10H2,(H,17,20)(H2,18,19,22,23). The number of imide groups is 1. The lowest BCUT2D eigenvalue weighted by Crippen LogP contribution is -2.35. The molecule has 3 N–H and O–H groups in total. The third-order valence-electron chi connectivity index (χ3n) is 3.52. The van der Waals surface area contributed by atoms with E-state index in [4.69, 9.17) is 4.74 Å². The van der Waals surface area contributed by atoms with E-state index in [-0.39, 0.29) is 11.9 Å². The molecule has 1 unspecified atom stereocenters. The molecule has 0 saturated carbocycles. The maximum atomic E-state index is 11.9. The molecule has 2 heterocycles. The lowest BCUT2D eigenvalue weighted by Gasteiger charge is -2.08. The van der Waals surface area contributed by atoms with Crippen LogP contribution in [-0.4, -0.2) is 47.1 Å². The van der Waals surface area contributed by atoms with Crippen molar-refractivity contribution in [1.29, 1.82) is 0 Å². The number of carbonyl (C=O) groups excluding carboxylic acids is 2. The summed E-state index contributed by atoms with van der Waals surface area (Å²) in [5.74, 6) is -0.310. The Morgan fingerprint density at radius 2 is 2.12 bits per heavy atom. The Bertz CT molecular complexity index is 734. The fourth-order valence-corrected chi connectivity index (χ4v) is 3.88. The van der Waals surface area contributed by atoms with E-state index in [1.54, 1.807) is 24.3 Å². The predicted octanol–water partition coefficient (Wildman–Crippen LogP) is 2.57. The molecular weight excluding hydrogens is 374 g/mol. The van der Waals surface area contributed by atoms with E-state index in [2.05, 4.69) is 26.1 Å². The van der Waals surface area contributed by atoms with Crippen LogP contribution in [0.2, 0.25) is 0 Å². The zero-order valence-electron chi connectivity index (χ0n) is 13.9. The minimum atomic E-state index is -0.557. The van der Waals surface area contributed by atoms with Crippen molar-refractivity contribution in [2.24, 2.45) is 0 Å². The number of nitrogens with one attached hydrogen (secondary N) is 3. The molecule has 26 heavy (non-hydrogen) atoms. The van der Waals surface area contributed by atoms with Crippen molar-refractivity contribution in [3.05, 3.63) is 30.3 Å². The van der Waals surface area contributed by atoms with E-state index in [0.29, 0.717) is 21.7 Å². The van der Waals surface area contributed by atoms with Crippen molar-refractivity contribution in [1.82, 2.24) is 15.5 Å². The summed E-state index contributed by atoms with van der Waals surface area (Å²) < 4.78 is 6.20. The second-order valence-electron chi connectivity index (χ2n) is 5.55. The highest BCUT2D eigenvalue weighted by Crippen LogP contribution is 2.25. The van der Waals surface area contributed by atoms with Crippen molar-refractivity contribution in [2.45, 2.75) is 23.3 Å². The van der Waals surface area contributed by atoms with Crippen molar-refractivity contribution >= 4 is 45.9 Å². The highest BCUT2D eigenvalue weighted by molar-refractivity contribution is 8.01. The molecule has 0 radical (unpaired) electrons. The van der Waals surface area contributed by atoms with E-state index < -0.39 is 11.9 Å². The number of anilines is 2. The molecule has 1 atom stereocenters. The SMILES string of the molecule is O=C(CSc1nnc(NCC2CCCO2)s1)NC(=O)Nc1ccccc1. The van der Waals surface area contributed by atoms with Crippen LogP contribution in [0.1, 0.15) is 12.8 Å². The smallest absolute Gasteiger partial charge is 0.325 e. The summed E-state index contributed by atoms with van der Waals surface area (Å²) in [6.45, 7) is 1.52. The molecule has 0 spiro atoms. The van der Waals surface area contributed by atoms with Gasteiger partial charge in [0.2, 0.25) is 11.0 Å². The number of thioether (sulfide) groups is 1. The second kappa shape index (κ2) is 9.51. The van der Waals surface area contributed by atoms with Crippen LogP contribution in [0.4, 0.5) is 15.6 Å². The average Bonchev–Trinajstić information content (AvgIpc) is 3.31. The Hall–Kier alpha value is -2.17. The molecular formula is C16H19N5O3S2. The Balaban J connectivity index is 1.36. The zero-order valence-corrected chi connectivity index (χ0v) is 15.6. The van der Waals surface area contributed by atoms with Crippen molar-refractivity contribution in [2.75, 3.05) is 29.5 Å². The van der Waals surface area contributed by atoms with Gasteiger partial charge in [0.05, 0.1) is 11.9 Å². The van der Waals surface area contributed by atoms with Gasteiger partial charge < -0.3 is 15.4 Å². The Labute approximate surface area is 159 Å². The molecule has 3 amide bonds. The number of para-hydroxylation sites is 1. The summed E-state index contributed by atoms with van der Waals surface area (Å²) in [6.07, 6.45) is 2.37. The fraction of sp³-hybridized carbons (Fsp3) is 0.375. The van der Waals surface area contributed by atoms with Crippen LogP contribution in [0, 0.1) is 0 Å². The number of benzene rings is 1. The third-order valence-corrected chi connectivity index (χ3v) is 5.54. The first-order valence-corrected chi connectivity index (χ1v) is 9.97. The molecule has 2 aromatic rings. The highest BCUT2D eigenvalue weighted by Gasteiger charge is 2.16. The van der Waals surface area contributed by atoms with E-state index in [1.807, 2.05) is 6.07 Å². The van der Waals surface area contributed by atoms with Gasteiger partial charge in [-0.05, 0) is 25.0 Å². The van der Waals surface area contributed by atoms with Gasteiger partial charge in [0, 0.05) is 18.8 Å². The van der Waals surface area contributed by atoms with Gasteiger partial charge in [0.1, 0.15) is 0 Å². The summed E-state index contributed by atoms with van der Waals surface area (Å²) in [7, 11) is 0. The van der Waals surface area contributed by atoms with Gasteiger partial charge in [-0.1, -0.05) is 41.3 Å². The summed E-state index contributed by atoms with van der Waals surface area (Å²) in [5.41, 5.74) is 0.622. The number of nitrogens with zero attached hydrogens (tertiary/aromatic N) is 2. The number of ether oxygens (including phenoxy) is 1. The molecule has 1 aliphatic rings. The van der Waals surface area contributed by atoms with E-state index in [0.717, 1.165) is 19.4 Å². The normalized spacial score (nSPS) is 16.2. The molecule has 0 aliphatic carbocycles. The first-order valence-electron chi connectivity index (χ1n) is 8.17. The molecule has 3 rings (SSSR count). The molecule has 138 valence electrons. The highest BCUT2D eigenvalue weighted by atomic mass is 32.2. The first kappa shape index (κ1) is 18.6. The van der Waals surface area contributed by atoms with Crippen molar-refractivity contribution < 1.29 is 14.3 Å². The number of hydrogen-bond acceptors (Lipinski definition) is 8. The molecule has 1 saturated heterocycles. The molecule has 1 aliphatic heterocycles. The van der Waals surface area contributed by atoms with Crippen molar-refractivity contribution in [3.8, 4) is 0 Å². The lowest BCUT2D eigenvalue weighted by molar-refractivity contribution is -0.117. The molecule has 8 nitrogen and oxygen atoms in total. The predicted molar refractivity (Wildman–Crippen MR) is 102 cm³/mol. The van der Waals surface area contributed by atoms with Gasteiger partial charge in [0.25, 0.3) is 0 Å². The van der Waals surface area contributed by atoms with E-state index in [1.165, 1.54) is 23.1 Å². The number of rotatable bonds is 7. The molecule has 10 heteroatoms. The zero-order chi connectivity index (χ0) is 18.2. The Morgan fingerprint density at radius 3 is 2.88 bits per heavy atom. The summed E-state index contributed by atoms with van der Waals surface area (Å²) in [6, 6.07) is 8.37. The van der Waals surface area contributed by atoms with Crippen LogP contribution in [0.25, 0.3) is 0 Å². The van der Waals surface area contributed by atoms with Crippen LogP contribution in [0.5, 0.6) is 0 Å². The third kappa shape index (κ3) is 5.97. The lowest BCUT2D eigenvalue weighted by atomic mass is 10.2. The largest absolute Gasteiger partial charge is 0.376 e. The van der Waals surface area contributed by atoms with Gasteiger partial charge in [-0.25, -0.2) is 4.79 Å². The quantitative estimate of drug-likeness (QED) is 0.621. The molecule has 1 aromatic heterocycles. The molecule has 1 fully saturated rings. The summed E-state index contributed by atoms with van der Waals surface area (Å²) in [5, 5.41) is 16.8. The van der Waals surface area contributed by atoms with Gasteiger partial charge >= 0.3 is 6.03 Å². The number of amides is 3. The maximum Gasteiger partial charge on any atom is 0.325 e. The van der Waals surface area contributed by atoms with Crippen molar-refractivity contribution in [3.63, 3.8) is 0 Å². The van der Waals surface area contributed by atoms with Crippen LogP contribution >= 0.6 is 23.1 Å². The minimum Gasteiger partial charge on any atom is -0.376 e. The topological polar surface area (TPSA) is 105 Å². The first-order chi connectivity index (χ1) is 12.7.